The van der Waals surface area contributed by atoms with Crippen LogP contribution in [0.5, 0.6) is 0 Å². The van der Waals surface area contributed by atoms with Gasteiger partial charge in [0.25, 0.3) is 5.91 Å². The van der Waals surface area contributed by atoms with Gasteiger partial charge in [-0.2, -0.15) is 0 Å². The van der Waals surface area contributed by atoms with Gasteiger partial charge in [0.1, 0.15) is 12.4 Å². The third kappa shape index (κ3) is 3.73. The molecule has 1 aliphatic heterocycles. The van der Waals surface area contributed by atoms with E-state index < -0.39 is 6.04 Å². The minimum atomic E-state index is -0.459. The number of nitrogens with one attached hydrogen (secondary N) is 2. The number of H-pyrrole nitrogens is 1. The molecule has 0 bridgehead atoms. The van der Waals surface area contributed by atoms with Crippen molar-refractivity contribution in [3.8, 4) is 11.3 Å². The summed E-state index contributed by atoms with van der Waals surface area (Å²) in [6, 6.07) is 30.6. The van der Waals surface area contributed by atoms with E-state index in [9.17, 15) is 14.0 Å². The first-order valence-corrected chi connectivity index (χ1v) is 11.7. The topological polar surface area (TPSA) is 65.2 Å². The zero-order chi connectivity index (χ0) is 24.6. The predicted octanol–water partition coefficient (Wildman–Crippen LogP) is 6.16. The number of aromatic nitrogens is 1. The molecule has 2 amide bonds. The molecule has 0 saturated carbocycles. The molecule has 6 rings (SSSR count). The summed E-state index contributed by atoms with van der Waals surface area (Å²) in [5.41, 5.74) is 5.73. The van der Waals surface area contributed by atoms with Crippen molar-refractivity contribution in [1.29, 1.82) is 0 Å². The molecule has 0 fully saturated rings. The van der Waals surface area contributed by atoms with E-state index in [1.807, 2.05) is 72.8 Å². The van der Waals surface area contributed by atoms with Crippen molar-refractivity contribution >= 4 is 28.4 Å². The molecule has 6 heteroatoms. The summed E-state index contributed by atoms with van der Waals surface area (Å²) in [5.74, 6) is -0.936. The summed E-state index contributed by atoms with van der Waals surface area (Å²) in [7, 11) is 0. The van der Waals surface area contributed by atoms with Crippen LogP contribution in [0.15, 0.2) is 103 Å². The van der Waals surface area contributed by atoms with Crippen LogP contribution >= 0.6 is 0 Å². The maximum Gasteiger partial charge on any atom is 0.255 e. The Morgan fingerprint density at radius 1 is 0.861 bits per heavy atom. The number of fused-ring (bicyclic) bond motifs is 2. The van der Waals surface area contributed by atoms with E-state index in [1.165, 1.54) is 24.3 Å². The Morgan fingerprint density at radius 2 is 1.56 bits per heavy atom. The molecule has 0 saturated heterocycles. The fourth-order valence-electron chi connectivity index (χ4n) is 5.01. The molecule has 0 spiro atoms. The number of carbonyl (C=O) groups excluding carboxylic acids is 2. The van der Waals surface area contributed by atoms with Gasteiger partial charge in [0.05, 0.1) is 11.7 Å². The second kappa shape index (κ2) is 8.82. The molecule has 176 valence electrons. The third-order valence-electron chi connectivity index (χ3n) is 6.58. The lowest BCUT2D eigenvalue weighted by Crippen LogP contribution is -2.36. The lowest BCUT2D eigenvalue weighted by molar-refractivity contribution is -0.117. The van der Waals surface area contributed by atoms with Crippen LogP contribution in [-0.4, -0.2) is 28.2 Å². The van der Waals surface area contributed by atoms with Crippen molar-refractivity contribution in [2.45, 2.75) is 6.04 Å². The Hall–Kier alpha value is -4.71. The number of hydrogen-bond donors (Lipinski definition) is 2. The molecule has 1 aromatic heterocycles. The van der Waals surface area contributed by atoms with Gasteiger partial charge >= 0.3 is 0 Å². The number of benzene rings is 4. The van der Waals surface area contributed by atoms with E-state index in [4.69, 9.17) is 0 Å². The molecule has 0 radical (unpaired) electrons. The Bertz CT molecular complexity index is 1590. The zero-order valence-electron chi connectivity index (χ0n) is 19.2. The Labute approximate surface area is 207 Å². The molecule has 5 aromatic rings. The zero-order valence-corrected chi connectivity index (χ0v) is 19.2. The first-order valence-electron chi connectivity index (χ1n) is 11.7. The lowest BCUT2D eigenvalue weighted by atomic mass is 9.93. The van der Waals surface area contributed by atoms with Gasteiger partial charge in [-0.05, 0) is 47.5 Å². The second-order valence-corrected chi connectivity index (χ2v) is 8.80. The molecule has 1 aliphatic rings. The first-order chi connectivity index (χ1) is 17.6. The summed E-state index contributed by atoms with van der Waals surface area (Å²) in [6.07, 6.45) is 0. The van der Waals surface area contributed by atoms with Crippen LogP contribution in [0.2, 0.25) is 0 Å². The summed E-state index contributed by atoms with van der Waals surface area (Å²) < 4.78 is 13.3. The number of rotatable bonds is 5. The van der Waals surface area contributed by atoms with Gasteiger partial charge in [-0.15, -0.1) is 0 Å². The van der Waals surface area contributed by atoms with Crippen LogP contribution in [-0.2, 0) is 4.79 Å². The van der Waals surface area contributed by atoms with Crippen LogP contribution in [0.1, 0.15) is 27.5 Å². The second-order valence-electron chi connectivity index (χ2n) is 8.80. The highest BCUT2D eigenvalue weighted by molar-refractivity contribution is 6.05. The molecule has 2 heterocycles. The van der Waals surface area contributed by atoms with Gasteiger partial charge < -0.3 is 15.2 Å². The number of anilines is 1. The van der Waals surface area contributed by atoms with Crippen LogP contribution in [0.4, 0.5) is 10.1 Å². The maximum atomic E-state index is 13.6. The highest BCUT2D eigenvalue weighted by Crippen LogP contribution is 2.45. The molecule has 2 N–H and O–H groups in total. The van der Waals surface area contributed by atoms with Crippen LogP contribution in [0.25, 0.3) is 22.2 Å². The average Bonchev–Trinajstić information content (AvgIpc) is 3.41. The van der Waals surface area contributed by atoms with Gasteiger partial charge in [0.2, 0.25) is 5.91 Å². The number of hydrogen-bond acceptors (Lipinski definition) is 2. The molecular formula is C30H22FN3O2. The molecule has 5 nitrogen and oxygen atoms in total. The molecule has 36 heavy (non-hydrogen) atoms. The van der Waals surface area contributed by atoms with Crippen LogP contribution in [0, 0.1) is 5.82 Å². The van der Waals surface area contributed by atoms with E-state index in [-0.39, 0.29) is 24.2 Å². The van der Waals surface area contributed by atoms with Crippen LogP contribution in [0.3, 0.4) is 0 Å². The molecule has 0 unspecified atom stereocenters. The highest BCUT2D eigenvalue weighted by atomic mass is 19.1. The van der Waals surface area contributed by atoms with Crippen molar-refractivity contribution in [1.82, 2.24) is 9.88 Å². The number of para-hydroxylation sites is 1. The Balaban J connectivity index is 1.47. The molecule has 0 aliphatic carbocycles. The van der Waals surface area contributed by atoms with E-state index in [0.717, 1.165) is 33.3 Å². The largest absolute Gasteiger partial charge is 0.354 e. The summed E-state index contributed by atoms with van der Waals surface area (Å²) in [4.78, 5) is 31.8. The van der Waals surface area contributed by atoms with Gasteiger partial charge in [0, 0.05) is 27.7 Å². The minimum Gasteiger partial charge on any atom is -0.354 e. The van der Waals surface area contributed by atoms with Gasteiger partial charge in [-0.3, -0.25) is 9.59 Å². The molecular weight excluding hydrogens is 453 g/mol. The smallest absolute Gasteiger partial charge is 0.255 e. The number of aromatic amines is 1. The first kappa shape index (κ1) is 21.8. The molecule has 1 atom stereocenters. The number of carbonyl (C=O) groups is 2. The predicted molar refractivity (Wildman–Crippen MR) is 138 cm³/mol. The van der Waals surface area contributed by atoms with Crippen molar-refractivity contribution < 1.29 is 14.0 Å². The van der Waals surface area contributed by atoms with Crippen molar-refractivity contribution in [3.05, 3.63) is 126 Å². The van der Waals surface area contributed by atoms with E-state index >= 15 is 0 Å². The summed E-state index contributed by atoms with van der Waals surface area (Å²) in [6.45, 7) is -0.150. The summed E-state index contributed by atoms with van der Waals surface area (Å²) >= 11 is 0. The fourth-order valence-corrected chi connectivity index (χ4v) is 5.01. The maximum absolute atomic E-state index is 13.6. The minimum absolute atomic E-state index is 0.150. The standard InChI is InChI=1S/C30H22FN3O2/c31-20-14-16-21(17-15-20)32-26(35)18-34-29(22-10-4-5-11-23(22)30(34)36)27-24-12-6-7-13-25(24)33-28(27)19-8-2-1-3-9-19/h1-17,29,33H,18H2,(H,32,35)/t29-/m1/s1. The van der Waals surface area contributed by atoms with Crippen LogP contribution < -0.4 is 5.32 Å². The van der Waals surface area contributed by atoms with Crippen molar-refractivity contribution in [2.75, 3.05) is 11.9 Å². The number of nitrogens with zero attached hydrogens (tertiary/aromatic N) is 1. The van der Waals surface area contributed by atoms with Crippen molar-refractivity contribution in [3.63, 3.8) is 0 Å². The van der Waals surface area contributed by atoms with Gasteiger partial charge in [-0.25, -0.2) is 4.39 Å². The average molecular weight is 476 g/mol. The lowest BCUT2D eigenvalue weighted by Gasteiger charge is -2.26. The van der Waals surface area contributed by atoms with E-state index in [1.54, 1.807) is 11.0 Å². The van der Waals surface area contributed by atoms with Gasteiger partial charge in [0.15, 0.2) is 0 Å². The van der Waals surface area contributed by atoms with Gasteiger partial charge in [-0.1, -0.05) is 66.7 Å². The third-order valence-corrected chi connectivity index (χ3v) is 6.58. The number of amides is 2. The summed E-state index contributed by atoms with van der Waals surface area (Å²) in [5, 5.41) is 3.78. The Kier molecular flexibility index (Phi) is 5.34. The van der Waals surface area contributed by atoms with E-state index in [2.05, 4.69) is 10.3 Å². The number of halogens is 1. The molecule has 4 aromatic carbocycles. The fraction of sp³-hybridized carbons (Fsp3) is 0.0667. The normalized spacial score (nSPS) is 14.8. The monoisotopic (exact) mass is 475 g/mol. The van der Waals surface area contributed by atoms with E-state index in [0.29, 0.717) is 11.3 Å². The quantitative estimate of drug-likeness (QED) is 0.320. The Morgan fingerprint density at radius 3 is 2.36 bits per heavy atom. The van der Waals surface area contributed by atoms with Crippen molar-refractivity contribution in [2.24, 2.45) is 0 Å². The SMILES string of the molecule is O=C(CN1C(=O)c2ccccc2[C@@H]1c1c(-c2ccccc2)[nH]c2ccccc12)Nc1ccc(F)cc1. The highest BCUT2D eigenvalue weighted by Gasteiger charge is 2.40.